The molecule has 0 bridgehead atoms. The van der Waals surface area contributed by atoms with Crippen LogP contribution in [0.3, 0.4) is 0 Å². The summed E-state index contributed by atoms with van der Waals surface area (Å²) in [4.78, 5) is 0. The van der Waals surface area contributed by atoms with E-state index in [-0.39, 0.29) is 0 Å². The highest BCUT2D eigenvalue weighted by molar-refractivity contribution is 5.40. The Morgan fingerprint density at radius 2 is 1.15 bits per heavy atom. The fourth-order valence-electron chi connectivity index (χ4n) is 2.25. The van der Waals surface area contributed by atoms with Crippen molar-refractivity contribution in [3.05, 3.63) is 89.0 Å². The van der Waals surface area contributed by atoms with Crippen molar-refractivity contribution in [1.29, 1.82) is 0 Å². The second kappa shape index (κ2) is 46.2. The molecule has 1 nitrogen and oxygen atoms in total. The van der Waals surface area contributed by atoms with Gasteiger partial charge in [-0.1, -0.05) is 162 Å². The summed E-state index contributed by atoms with van der Waals surface area (Å²) in [6.07, 6.45) is 11.7. The Morgan fingerprint density at radius 3 is 1.40 bits per heavy atom. The fourth-order valence-corrected chi connectivity index (χ4v) is 2.25. The molecule has 0 aliphatic carbocycles. The van der Waals surface area contributed by atoms with Crippen molar-refractivity contribution in [3.8, 4) is 18.1 Å². The van der Waals surface area contributed by atoms with E-state index < -0.39 is 0 Å². The molecule has 2 aromatic carbocycles. The first-order valence-corrected chi connectivity index (χ1v) is 15.8. The zero-order valence-corrected chi connectivity index (χ0v) is 29.9. The first kappa shape index (κ1) is 50.2. The minimum absolute atomic E-state index is 0.833. The van der Waals surface area contributed by atoms with Crippen LogP contribution in [0.5, 0.6) is 5.75 Å². The SMILES string of the molecule is C#C/C(=C\C)C(=C)C.CC.CC.CC.CC.CCC.CCCCOc1ccc(C)cc1.CCc1ccc(C)cc1. The van der Waals surface area contributed by atoms with Crippen molar-refractivity contribution >= 4 is 0 Å². The lowest BCUT2D eigenvalue weighted by Gasteiger charge is -2.04. The van der Waals surface area contributed by atoms with Gasteiger partial charge in [-0.05, 0) is 63.8 Å². The Balaban J connectivity index is -0.0000000932. The summed E-state index contributed by atoms with van der Waals surface area (Å²) in [5.41, 5.74) is 5.88. The number of terminal acetylenes is 1. The van der Waals surface area contributed by atoms with Crippen molar-refractivity contribution in [1.82, 2.24) is 0 Å². The van der Waals surface area contributed by atoms with E-state index in [0.717, 1.165) is 36.3 Å². The quantitative estimate of drug-likeness (QED) is 0.196. The summed E-state index contributed by atoms with van der Waals surface area (Å²) in [5, 5.41) is 0. The number of unbranched alkanes of at least 4 members (excludes halogenated alkanes) is 1. The van der Waals surface area contributed by atoms with Crippen molar-refractivity contribution in [2.45, 2.75) is 136 Å². The van der Waals surface area contributed by atoms with E-state index in [0.29, 0.717) is 0 Å². The van der Waals surface area contributed by atoms with Crippen LogP contribution in [-0.2, 0) is 6.42 Å². The topological polar surface area (TPSA) is 9.23 Å². The molecule has 0 aliphatic heterocycles. The zero-order valence-electron chi connectivity index (χ0n) is 29.9. The van der Waals surface area contributed by atoms with Gasteiger partial charge >= 0.3 is 0 Å². The summed E-state index contributed by atoms with van der Waals surface area (Å²) in [7, 11) is 0. The Bertz CT molecular complexity index is 771. The van der Waals surface area contributed by atoms with E-state index in [9.17, 15) is 0 Å². The van der Waals surface area contributed by atoms with E-state index >= 15 is 0 Å². The predicted molar refractivity (Wildman–Crippen MR) is 191 cm³/mol. The molecule has 1 heteroatoms. The molecule has 2 rings (SSSR count). The third kappa shape index (κ3) is 39.8. The second-order valence-electron chi connectivity index (χ2n) is 7.69. The van der Waals surface area contributed by atoms with Crippen LogP contribution >= 0.6 is 0 Å². The highest BCUT2D eigenvalue weighted by atomic mass is 16.5. The first-order chi connectivity index (χ1) is 19.3. The lowest BCUT2D eigenvalue weighted by atomic mass is 10.1. The van der Waals surface area contributed by atoms with E-state index in [1.54, 1.807) is 0 Å². The van der Waals surface area contributed by atoms with Crippen LogP contribution in [0.4, 0.5) is 0 Å². The molecule has 2 aromatic rings. The summed E-state index contributed by atoms with van der Waals surface area (Å²) >= 11 is 0. The standard InChI is InChI=1S/C11H16O.C9H12.C8H10.C3H8.4C2H6/c1-3-4-9-12-11-7-5-10(2)6-8-11;1-3-9-6-4-8(2)5-7-9;1-5-8(6-2)7(3)4;1-3-2;4*1-2/h5-8H,3-4,9H2,1-2H3;4-7H,3H2,1-2H3;1,6H,3H2,2,4H3;3H2,1-2H3;4*1-2H3/b;;8-6+;;;;;. The largest absolute Gasteiger partial charge is 0.494 e. The normalized spacial score (nSPS) is 8.22. The summed E-state index contributed by atoms with van der Waals surface area (Å²) in [6, 6.07) is 16.8. The highest BCUT2D eigenvalue weighted by Gasteiger charge is 1.91. The molecular weight excluding hydrogens is 484 g/mol. The van der Waals surface area contributed by atoms with Crippen molar-refractivity contribution in [2.75, 3.05) is 6.61 Å². The van der Waals surface area contributed by atoms with Crippen LogP contribution in [-0.4, -0.2) is 6.61 Å². The average Bonchev–Trinajstić information content (AvgIpc) is 3.00. The molecule has 0 aliphatic rings. The van der Waals surface area contributed by atoms with Gasteiger partial charge in [0.15, 0.2) is 0 Å². The number of ether oxygens (including phenoxy) is 1. The van der Waals surface area contributed by atoms with Gasteiger partial charge in [-0.3, -0.25) is 0 Å². The Kier molecular flexibility index (Phi) is 57.9. The lowest BCUT2D eigenvalue weighted by molar-refractivity contribution is 0.309. The number of aryl methyl sites for hydroxylation is 3. The third-order valence-corrected chi connectivity index (χ3v) is 4.22. The first-order valence-electron chi connectivity index (χ1n) is 15.8. The van der Waals surface area contributed by atoms with Gasteiger partial charge in [-0.25, -0.2) is 0 Å². The van der Waals surface area contributed by atoms with Gasteiger partial charge in [0.2, 0.25) is 0 Å². The smallest absolute Gasteiger partial charge is 0.119 e. The Morgan fingerprint density at radius 1 is 0.775 bits per heavy atom. The second-order valence-corrected chi connectivity index (χ2v) is 7.69. The average molecular weight is 555 g/mol. The van der Waals surface area contributed by atoms with Crippen LogP contribution in [0.1, 0.15) is 133 Å². The van der Waals surface area contributed by atoms with Crippen LogP contribution in [0.15, 0.2) is 72.3 Å². The minimum Gasteiger partial charge on any atom is -0.494 e. The molecule has 0 heterocycles. The molecule has 0 aromatic heterocycles. The molecule has 0 saturated carbocycles. The summed E-state index contributed by atoms with van der Waals surface area (Å²) in [5.74, 6) is 3.49. The molecule has 0 amide bonds. The molecule has 0 saturated heterocycles. The van der Waals surface area contributed by atoms with Crippen LogP contribution < -0.4 is 4.74 Å². The Hall–Kier alpha value is -2.72. The highest BCUT2D eigenvalue weighted by Crippen LogP contribution is 2.11. The molecule has 0 atom stereocenters. The number of hydrogen-bond donors (Lipinski definition) is 0. The maximum atomic E-state index is 5.50. The van der Waals surface area contributed by atoms with Gasteiger partial charge in [-0.15, -0.1) is 6.42 Å². The molecule has 0 unspecified atom stereocenters. The predicted octanol–water partition coefficient (Wildman–Crippen LogP) is 13.4. The van der Waals surface area contributed by atoms with E-state index in [1.165, 1.54) is 29.5 Å². The minimum atomic E-state index is 0.833. The van der Waals surface area contributed by atoms with Gasteiger partial charge < -0.3 is 4.74 Å². The van der Waals surface area contributed by atoms with E-state index in [4.69, 9.17) is 11.2 Å². The summed E-state index contributed by atoms with van der Waals surface area (Å²) in [6.45, 7) is 37.1. The van der Waals surface area contributed by atoms with Crippen LogP contribution in [0, 0.1) is 26.2 Å². The molecule has 40 heavy (non-hydrogen) atoms. The van der Waals surface area contributed by atoms with Gasteiger partial charge in [0, 0.05) is 5.57 Å². The van der Waals surface area contributed by atoms with Gasteiger partial charge in [0.05, 0.1) is 6.61 Å². The van der Waals surface area contributed by atoms with Gasteiger partial charge in [0.25, 0.3) is 0 Å². The van der Waals surface area contributed by atoms with Gasteiger partial charge in [0.1, 0.15) is 5.75 Å². The van der Waals surface area contributed by atoms with Crippen molar-refractivity contribution in [2.24, 2.45) is 0 Å². The van der Waals surface area contributed by atoms with E-state index in [1.807, 2.05) is 87.4 Å². The fraction of sp³-hybridized carbons (Fsp3) is 0.538. The number of rotatable bonds is 6. The zero-order chi connectivity index (χ0) is 32.8. The molecule has 0 N–H and O–H groups in total. The number of hydrogen-bond acceptors (Lipinski definition) is 1. The lowest BCUT2D eigenvalue weighted by Crippen LogP contribution is -1.95. The maximum absolute atomic E-state index is 5.50. The molecule has 232 valence electrons. The van der Waals surface area contributed by atoms with Crippen LogP contribution in [0.25, 0.3) is 0 Å². The monoisotopic (exact) mass is 555 g/mol. The van der Waals surface area contributed by atoms with Crippen molar-refractivity contribution in [3.63, 3.8) is 0 Å². The molecule has 0 spiro atoms. The molecule has 0 radical (unpaired) electrons. The maximum Gasteiger partial charge on any atom is 0.119 e. The molecule has 0 fully saturated rings. The Labute approximate surface area is 254 Å². The third-order valence-electron chi connectivity index (χ3n) is 4.22. The van der Waals surface area contributed by atoms with Gasteiger partial charge in [-0.2, -0.15) is 0 Å². The molecular formula is C39H70O. The number of allylic oxidation sites excluding steroid dienone is 3. The van der Waals surface area contributed by atoms with E-state index in [2.05, 4.69) is 90.4 Å². The van der Waals surface area contributed by atoms with Crippen LogP contribution in [0.2, 0.25) is 0 Å². The van der Waals surface area contributed by atoms with Crippen molar-refractivity contribution < 1.29 is 4.74 Å². The summed E-state index contributed by atoms with van der Waals surface area (Å²) < 4.78 is 5.50. The number of benzene rings is 2.